The maximum Gasteiger partial charge on any atom is 0.316 e. The lowest BCUT2D eigenvalue weighted by atomic mass is 10.1. The number of carbonyl (C=O) groups excluding carboxylic acids is 1. The molecule has 0 fully saturated rings. The molecule has 0 bridgehead atoms. The Hall–Kier alpha value is -2.53. The van der Waals surface area contributed by atoms with E-state index in [2.05, 4.69) is 10.2 Å². The molecule has 2 aromatic rings. The standard InChI is InChI=1S/C17H21N3O2/c1-20(2)11-12-22-16-9-5-14(6-10-16)13-3-7-15(8-4-13)19-17(18)21/h3-10H,11-12H2,1-2H3,(H3,18,19,21). The topological polar surface area (TPSA) is 67.6 Å². The third-order valence-electron chi connectivity index (χ3n) is 3.15. The van der Waals surface area contributed by atoms with Crippen molar-refractivity contribution in [2.24, 2.45) is 5.73 Å². The van der Waals surface area contributed by atoms with E-state index in [1.807, 2.05) is 62.6 Å². The Bertz CT molecular complexity index is 607. The molecule has 0 aliphatic carbocycles. The fourth-order valence-corrected chi connectivity index (χ4v) is 1.98. The van der Waals surface area contributed by atoms with Gasteiger partial charge < -0.3 is 20.7 Å². The van der Waals surface area contributed by atoms with Crippen LogP contribution in [0.4, 0.5) is 10.5 Å². The van der Waals surface area contributed by atoms with Gasteiger partial charge in [0, 0.05) is 12.2 Å². The van der Waals surface area contributed by atoms with Crippen molar-refractivity contribution in [1.29, 1.82) is 0 Å². The summed E-state index contributed by atoms with van der Waals surface area (Å²) in [5.41, 5.74) is 7.92. The molecule has 0 radical (unpaired) electrons. The van der Waals surface area contributed by atoms with Gasteiger partial charge in [0.15, 0.2) is 0 Å². The van der Waals surface area contributed by atoms with Gasteiger partial charge in [-0.3, -0.25) is 0 Å². The van der Waals surface area contributed by atoms with Gasteiger partial charge in [0.2, 0.25) is 0 Å². The lowest BCUT2D eigenvalue weighted by Crippen LogP contribution is -2.19. The number of nitrogens with one attached hydrogen (secondary N) is 1. The number of nitrogens with zero attached hydrogens (tertiary/aromatic N) is 1. The SMILES string of the molecule is CN(C)CCOc1ccc(-c2ccc(NC(N)=O)cc2)cc1. The van der Waals surface area contributed by atoms with E-state index in [9.17, 15) is 4.79 Å². The van der Waals surface area contributed by atoms with Gasteiger partial charge in [-0.2, -0.15) is 0 Å². The van der Waals surface area contributed by atoms with E-state index < -0.39 is 6.03 Å². The molecular formula is C17H21N3O2. The smallest absolute Gasteiger partial charge is 0.316 e. The Morgan fingerprint density at radius 2 is 1.59 bits per heavy atom. The molecule has 2 rings (SSSR count). The van der Waals surface area contributed by atoms with Crippen molar-refractivity contribution >= 4 is 11.7 Å². The van der Waals surface area contributed by atoms with Crippen molar-refractivity contribution in [1.82, 2.24) is 4.90 Å². The zero-order valence-corrected chi connectivity index (χ0v) is 12.9. The van der Waals surface area contributed by atoms with Crippen LogP contribution in [0.5, 0.6) is 5.75 Å². The number of amides is 2. The number of primary amides is 1. The maximum atomic E-state index is 10.8. The number of anilines is 1. The van der Waals surface area contributed by atoms with Gasteiger partial charge >= 0.3 is 6.03 Å². The molecule has 2 aromatic carbocycles. The van der Waals surface area contributed by atoms with Gasteiger partial charge in [0.25, 0.3) is 0 Å². The van der Waals surface area contributed by atoms with Crippen LogP contribution >= 0.6 is 0 Å². The average molecular weight is 299 g/mol. The number of rotatable bonds is 6. The summed E-state index contributed by atoms with van der Waals surface area (Å²) in [6.45, 7) is 1.55. The molecule has 0 saturated heterocycles. The van der Waals surface area contributed by atoms with Crippen LogP contribution in [0.2, 0.25) is 0 Å². The molecule has 3 N–H and O–H groups in total. The molecule has 22 heavy (non-hydrogen) atoms. The van der Waals surface area contributed by atoms with Gasteiger partial charge in [-0.25, -0.2) is 4.79 Å². The highest BCUT2D eigenvalue weighted by molar-refractivity contribution is 5.88. The zero-order chi connectivity index (χ0) is 15.9. The molecule has 0 saturated carbocycles. The fraction of sp³-hybridized carbons (Fsp3) is 0.235. The first-order valence-electron chi connectivity index (χ1n) is 7.09. The number of benzene rings is 2. The molecular weight excluding hydrogens is 278 g/mol. The lowest BCUT2D eigenvalue weighted by molar-refractivity contribution is 0.259. The third kappa shape index (κ3) is 4.79. The molecule has 0 aliphatic rings. The fourth-order valence-electron chi connectivity index (χ4n) is 1.98. The highest BCUT2D eigenvalue weighted by Gasteiger charge is 2.01. The third-order valence-corrected chi connectivity index (χ3v) is 3.15. The van der Waals surface area contributed by atoms with Crippen molar-refractivity contribution in [3.63, 3.8) is 0 Å². The van der Waals surface area contributed by atoms with E-state index in [0.29, 0.717) is 12.3 Å². The first-order chi connectivity index (χ1) is 10.5. The van der Waals surface area contributed by atoms with Crippen molar-refractivity contribution < 1.29 is 9.53 Å². The second-order valence-corrected chi connectivity index (χ2v) is 5.24. The highest BCUT2D eigenvalue weighted by Crippen LogP contribution is 2.23. The Balaban J connectivity index is 1.99. The Kier molecular flexibility index (Phi) is 5.38. The summed E-state index contributed by atoms with van der Waals surface area (Å²) in [4.78, 5) is 12.9. The van der Waals surface area contributed by atoms with Crippen LogP contribution in [0.1, 0.15) is 0 Å². The van der Waals surface area contributed by atoms with Gasteiger partial charge in [0.05, 0.1) is 0 Å². The molecule has 0 aromatic heterocycles. The molecule has 0 aliphatic heterocycles. The number of urea groups is 1. The van der Waals surface area contributed by atoms with Gasteiger partial charge in [-0.1, -0.05) is 24.3 Å². The van der Waals surface area contributed by atoms with Crippen LogP contribution in [0.15, 0.2) is 48.5 Å². The first-order valence-corrected chi connectivity index (χ1v) is 7.09. The van der Waals surface area contributed by atoms with Gasteiger partial charge in [-0.15, -0.1) is 0 Å². The van der Waals surface area contributed by atoms with Crippen LogP contribution in [0, 0.1) is 0 Å². The molecule has 5 nitrogen and oxygen atoms in total. The summed E-state index contributed by atoms with van der Waals surface area (Å²) in [5.74, 6) is 0.859. The van der Waals surface area contributed by atoms with Crippen LogP contribution in [-0.4, -0.2) is 38.2 Å². The number of carbonyl (C=O) groups is 1. The molecule has 5 heteroatoms. The lowest BCUT2D eigenvalue weighted by Gasteiger charge is -2.11. The van der Waals surface area contributed by atoms with Crippen molar-refractivity contribution in [2.75, 3.05) is 32.6 Å². The van der Waals surface area contributed by atoms with Crippen molar-refractivity contribution in [3.05, 3.63) is 48.5 Å². The number of hydrogen-bond donors (Lipinski definition) is 2. The summed E-state index contributed by atoms with van der Waals surface area (Å²) >= 11 is 0. The van der Waals surface area contributed by atoms with Gasteiger partial charge in [-0.05, 0) is 49.5 Å². The summed E-state index contributed by atoms with van der Waals surface area (Å²) in [6.07, 6.45) is 0. The van der Waals surface area contributed by atoms with Gasteiger partial charge in [0.1, 0.15) is 12.4 Å². The van der Waals surface area contributed by atoms with E-state index in [1.54, 1.807) is 0 Å². The summed E-state index contributed by atoms with van der Waals surface area (Å²) < 4.78 is 5.67. The number of ether oxygens (including phenoxy) is 1. The molecule has 0 atom stereocenters. The van der Waals surface area contributed by atoms with E-state index in [-0.39, 0.29) is 0 Å². The number of likely N-dealkylation sites (N-methyl/N-ethyl adjacent to an activating group) is 1. The Morgan fingerprint density at radius 1 is 1.05 bits per heavy atom. The number of nitrogens with two attached hydrogens (primary N) is 1. The van der Waals surface area contributed by atoms with Crippen LogP contribution in [-0.2, 0) is 0 Å². The second-order valence-electron chi connectivity index (χ2n) is 5.24. The molecule has 116 valence electrons. The monoisotopic (exact) mass is 299 g/mol. The zero-order valence-electron chi connectivity index (χ0n) is 12.9. The molecule has 2 amide bonds. The van der Waals surface area contributed by atoms with E-state index in [4.69, 9.17) is 10.5 Å². The summed E-state index contributed by atoms with van der Waals surface area (Å²) in [6, 6.07) is 14.9. The quantitative estimate of drug-likeness (QED) is 0.862. The molecule has 0 unspecified atom stereocenters. The molecule has 0 heterocycles. The van der Waals surface area contributed by atoms with Crippen molar-refractivity contribution in [3.8, 4) is 16.9 Å². The Labute approximate surface area is 130 Å². The number of hydrogen-bond acceptors (Lipinski definition) is 3. The average Bonchev–Trinajstić information content (AvgIpc) is 2.48. The van der Waals surface area contributed by atoms with E-state index in [0.717, 1.165) is 23.4 Å². The summed E-state index contributed by atoms with van der Waals surface area (Å²) in [5, 5.41) is 2.54. The van der Waals surface area contributed by atoms with Crippen LogP contribution in [0.25, 0.3) is 11.1 Å². The minimum atomic E-state index is -0.563. The predicted octanol–water partition coefficient (Wildman–Crippen LogP) is 2.78. The second kappa shape index (κ2) is 7.47. The van der Waals surface area contributed by atoms with E-state index >= 15 is 0 Å². The van der Waals surface area contributed by atoms with Crippen LogP contribution < -0.4 is 15.8 Å². The predicted molar refractivity (Wildman–Crippen MR) is 89.1 cm³/mol. The van der Waals surface area contributed by atoms with Crippen molar-refractivity contribution in [2.45, 2.75) is 0 Å². The highest BCUT2D eigenvalue weighted by atomic mass is 16.5. The molecule has 0 spiro atoms. The summed E-state index contributed by atoms with van der Waals surface area (Å²) in [7, 11) is 4.03. The Morgan fingerprint density at radius 3 is 2.09 bits per heavy atom. The van der Waals surface area contributed by atoms with E-state index in [1.165, 1.54) is 0 Å². The minimum Gasteiger partial charge on any atom is -0.492 e. The maximum absolute atomic E-state index is 10.8. The first kappa shape index (κ1) is 15.9. The minimum absolute atomic E-state index is 0.563. The van der Waals surface area contributed by atoms with Crippen LogP contribution in [0.3, 0.4) is 0 Å². The largest absolute Gasteiger partial charge is 0.492 e. The normalized spacial score (nSPS) is 10.5.